The summed E-state index contributed by atoms with van der Waals surface area (Å²) in [7, 11) is 0. The Morgan fingerprint density at radius 1 is 1.22 bits per heavy atom. The summed E-state index contributed by atoms with van der Waals surface area (Å²) in [6, 6.07) is 0.353. The van der Waals surface area contributed by atoms with Gasteiger partial charge in [-0.1, -0.05) is 13.8 Å². The van der Waals surface area contributed by atoms with Crippen molar-refractivity contribution >= 4 is 5.91 Å². The minimum Gasteiger partial charge on any atom is -0.342 e. The standard InChI is InChI=1S/C13H22N4O/c1-3-11(4-2)13(18)16-9-5-12(6-10-16)17-14-7-8-15-17/h7-8,11-12H,3-6,9-10H2,1-2H3. The Bertz CT molecular complexity index is 364. The van der Waals surface area contributed by atoms with Gasteiger partial charge in [-0.25, -0.2) is 0 Å². The average Bonchev–Trinajstić information content (AvgIpc) is 2.94. The predicted molar refractivity (Wildman–Crippen MR) is 68.9 cm³/mol. The van der Waals surface area contributed by atoms with Crippen LogP contribution >= 0.6 is 0 Å². The van der Waals surface area contributed by atoms with Crippen LogP contribution in [0.25, 0.3) is 0 Å². The number of rotatable bonds is 4. The Kier molecular flexibility index (Phi) is 4.33. The van der Waals surface area contributed by atoms with Gasteiger partial charge in [-0.2, -0.15) is 15.0 Å². The van der Waals surface area contributed by atoms with Crippen molar-refractivity contribution in [2.24, 2.45) is 5.92 Å². The summed E-state index contributed by atoms with van der Waals surface area (Å²) < 4.78 is 0. The van der Waals surface area contributed by atoms with E-state index in [0.717, 1.165) is 38.8 Å². The van der Waals surface area contributed by atoms with Gasteiger partial charge in [-0.05, 0) is 25.7 Å². The van der Waals surface area contributed by atoms with Crippen LogP contribution in [0.1, 0.15) is 45.6 Å². The Morgan fingerprint density at radius 3 is 2.28 bits per heavy atom. The number of aromatic nitrogens is 3. The summed E-state index contributed by atoms with van der Waals surface area (Å²) in [6.45, 7) is 5.85. The molecule has 0 radical (unpaired) electrons. The molecule has 1 aliphatic heterocycles. The number of carbonyl (C=O) groups is 1. The molecule has 0 aliphatic carbocycles. The van der Waals surface area contributed by atoms with Gasteiger partial charge in [0.1, 0.15) is 0 Å². The number of nitrogens with zero attached hydrogens (tertiary/aromatic N) is 4. The molecule has 0 aromatic carbocycles. The second-order valence-electron chi connectivity index (χ2n) is 4.92. The SMILES string of the molecule is CCC(CC)C(=O)N1CCC(n2nccn2)CC1. The van der Waals surface area contributed by atoms with Gasteiger partial charge in [-0.3, -0.25) is 4.79 Å². The fraction of sp³-hybridized carbons (Fsp3) is 0.769. The maximum absolute atomic E-state index is 12.2. The summed E-state index contributed by atoms with van der Waals surface area (Å²) in [6.07, 6.45) is 7.22. The molecule has 0 saturated carbocycles. The lowest BCUT2D eigenvalue weighted by atomic mass is 9.99. The molecule has 1 aliphatic rings. The monoisotopic (exact) mass is 250 g/mol. The maximum Gasteiger partial charge on any atom is 0.225 e. The normalized spacial score (nSPS) is 17.4. The van der Waals surface area contributed by atoms with Crippen molar-refractivity contribution in [1.82, 2.24) is 19.9 Å². The van der Waals surface area contributed by atoms with E-state index in [1.54, 1.807) is 17.2 Å². The van der Waals surface area contributed by atoms with Crippen LogP contribution in [-0.4, -0.2) is 38.9 Å². The van der Waals surface area contributed by atoms with E-state index in [-0.39, 0.29) is 5.92 Å². The molecule has 0 bridgehead atoms. The molecule has 2 heterocycles. The zero-order valence-corrected chi connectivity index (χ0v) is 11.2. The van der Waals surface area contributed by atoms with Crippen LogP contribution in [-0.2, 0) is 4.79 Å². The van der Waals surface area contributed by atoms with Gasteiger partial charge in [-0.15, -0.1) is 0 Å². The highest BCUT2D eigenvalue weighted by Gasteiger charge is 2.27. The van der Waals surface area contributed by atoms with E-state index < -0.39 is 0 Å². The Morgan fingerprint density at radius 2 is 1.78 bits per heavy atom. The van der Waals surface area contributed by atoms with E-state index in [1.165, 1.54) is 0 Å². The molecular weight excluding hydrogens is 228 g/mol. The van der Waals surface area contributed by atoms with Gasteiger partial charge in [0.05, 0.1) is 18.4 Å². The Balaban J connectivity index is 1.88. The lowest BCUT2D eigenvalue weighted by Crippen LogP contribution is -2.42. The van der Waals surface area contributed by atoms with Gasteiger partial charge in [0.2, 0.25) is 5.91 Å². The first-order chi connectivity index (χ1) is 8.76. The molecule has 0 spiro atoms. The average molecular weight is 250 g/mol. The molecule has 5 heteroatoms. The van der Waals surface area contributed by atoms with Crippen molar-refractivity contribution in [1.29, 1.82) is 0 Å². The first-order valence-corrected chi connectivity index (χ1v) is 6.90. The molecule has 0 N–H and O–H groups in total. The third kappa shape index (κ3) is 2.71. The number of hydrogen-bond donors (Lipinski definition) is 0. The van der Waals surface area contributed by atoms with Crippen LogP contribution in [0, 0.1) is 5.92 Å². The number of amides is 1. The van der Waals surface area contributed by atoms with Crippen molar-refractivity contribution in [3.05, 3.63) is 12.4 Å². The van der Waals surface area contributed by atoms with Crippen LogP contribution in [0.5, 0.6) is 0 Å². The van der Waals surface area contributed by atoms with Crippen LogP contribution in [0.15, 0.2) is 12.4 Å². The fourth-order valence-electron chi connectivity index (χ4n) is 2.63. The number of piperidine rings is 1. The third-order valence-electron chi connectivity index (χ3n) is 3.87. The highest BCUT2D eigenvalue weighted by molar-refractivity contribution is 5.78. The topological polar surface area (TPSA) is 51.0 Å². The molecular formula is C13H22N4O. The summed E-state index contributed by atoms with van der Waals surface area (Å²) >= 11 is 0. The summed E-state index contributed by atoms with van der Waals surface area (Å²) in [5, 5.41) is 8.36. The summed E-state index contributed by atoms with van der Waals surface area (Å²) in [5.41, 5.74) is 0. The predicted octanol–water partition coefficient (Wildman–Crippen LogP) is 1.88. The van der Waals surface area contributed by atoms with E-state index in [1.807, 2.05) is 4.90 Å². The second-order valence-corrected chi connectivity index (χ2v) is 4.92. The molecule has 2 rings (SSSR count). The highest BCUT2D eigenvalue weighted by Crippen LogP contribution is 2.23. The molecule has 1 amide bonds. The van der Waals surface area contributed by atoms with Crippen molar-refractivity contribution in [3.8, 4) is 0 Å². The minimum atomic E-state index is 0.198. The molecule has 100 valence electrons. The van der Waals surface area contributed by atoms with Gasteiger partial charge in [0.25, 0.3) is 0 Å². The summed E-state index contributed by atoms with van der Waals surface area (Å²) in [5.74, 6) is 0.524. The van der Waals surface area contributed by atoms with Gasteiger partial charge in [0.15, 0.2) is 0 Å². The van der Waals surface area contributed by atoms with Crippen molar-refractivity contribution in [2.75, 3.05) is 13.1 Å². The van der Waals surface area contributed by atoms with Crippen molar-refractivity contribution < 1.29 is 4.79 Å². The lowest BCUT2D eigenvalue weighted by molar-refractivity contribution is -0.137. The lowest BCUT2D eigenvalue weighted by Gasteiger charge is -2.33. The van der Waals surface area contributed by atoms with Crippen molar-refractivity contribution in [2.45, 2.75) is 45.6 Å². The number of hydrogen-bond acceptors (Lipinski definition) is 3. The van der Waals surface area contributed by atoms with Crippen LogP contribution < -0.4 is 0 Å². The largest absolute Gasteiger partial charge is 0.342 e. The Hall–Kier alpha value is -1.39. The first-order valence-electron chi connectivity index (χ1n) is 6.90. The first kappa shape index (κ1) is 13.1. The smallest absolute Gasteiger partial charge is 0.225 e. The van der Waals surface area contributed by atoms with E-state index in [4.69, 9.17) is 0 Å². The molecule has 18 heavy (non-hydrogen) atoms. The van der Waals surface area contributed by atoms with Crippen LogP contribution in [0.4, 0.5) is 0 Å². The number of likely N-dealkylation sites (tertiary alicyclic amines) is 1. The molecule has 0 unspecified atom stereocenters. The molecule has 1 saturated heterocycles. The minimum absolute atomic E-state index is 0.198. The second kappa shape index (κ2) is 5.98. The molecule has 1 fully saturated rings. The zero-order valence-electron chi connectivity index (χ0n) is 11.2. The zero-order chi connectivity index (χ0) is 13.0. The van der Waals surface area contributed by atoms with Gasteiger partial charge < -0.3 is 4.90 Å². The van der Waals surface area contributed by atoms with Crippen LogP contribution in [0.3, 0.4) is 0 Å². The summed E-state index contributed by atoms with van der Waals surface area (Å²) in [4.78, 5) is 16.0. The van der Waals surface area contributed by atoms with E-state index in [9.17, 15) is 4.79 Å². The van der Waals surface area contributed by atoms with Gasteiger partial charge >= 0.3 is 0 Å². The highest BCUT2D eigenvalue weighted by atomic mass is 16.2. The van der Waals surface area contributed by atoms with Crippen LogP contribution in [0.2, 0.25) is 0 Å². The Labute approximate surface area is 108 Å². The fourth-order valence-corrected chi connectivity index (χ4v) is 2.63. The van der Waals surface area contributed by atoms with Gasteiger partial charge in [0, 0.05) is 19.0 Å². The molecule has 5 nitrogen and oxygen atoms in total. The molecule has 1 aromatic rings. The molecule has 1 aromatic heterocycles. The van der Waals surface area contributed by atoms with E-state index in [0.29, 0.717) is 11.9 Å². The van der Waals surface area contributed by atoms with Crippen molar-refractivity contribution in [3.63, 3.8) is 0 Å². The molecule has 0 atom stereocenters. The third-order valence-corrected chi connectivity index (χ3v) is 3.87. The van der Waals surface area contributed by atoms with E-state index in [2.05, 4.69) is 24.0 Å². The quantitative estimate of drug-likeness (QED) is 0.819. The maximum atomic E-state index is 12.2. The number of carbonyl (C=O) groups excluding carboxylic acids is 1. The van der Waals surface area contributed by atoms with E-state index >= 15 is 0 Å².